The molecule has 1 heterocycles. The summed E-state index contributed by atoms with van der Waals surface area (Å²) in [4.78, 5) is 42.4. The van der Waals surface area contributed by atoms with E-state index in [1.54, 1.807) is 25.1 Å². The zero-order chi connectivity index (χ0) is 29.8. The average Bonchev–Trinajstić information content (AvgIpc) is 2.97. The van der Waals surface area contributed by atoms with Crippen LogP contribution in [-0.2, 0) is 20.8 Å². The Bertz CT molecular complexity index is 1300. The molecule has 3 rings (SSSR count). The van der Waals surface area contributed by atoms with E-state index in [-0.39, 0.29) is 17.7 Å². The van der Waals surface area contributed by atoms with Gasteiger partial charge in [-0.1, -0.05) is 30.3 Å². The smallest absolute Gasteiger partial charge is 0.389 e. The highest BCUT2D eigenvalue weighted by Gasteiger charge is 2.41. The zero-order valence-corrected chi connectivity index (χ0v) is 21.1. The van der Waals surface area contributed by atoms with Crippen molar-refractivity contribution in [2.45, 2.75) is 57.5 Å². The predicted molar refractivity (Wildman–Crippen MR) is 129 cm³/mol. The summed E-state index contributed by atoms with van der Waals surface area (Å²) < 4.78 is 91.5. The number of aryl methyl sites for hydroxylation is 1. The normalized spacial score (nSPS) is 17.4. The Labute approximate surface area is 224 Å². The van der Waals surface area contributed by atoms with Crippen LogP contribution in [0.25, 0.3) is 0 Å². The number of halogens is 7. The molecule has 2 N–H and O–H groups in total. The number of ketones is 1. The predicted octanol–water partition coefficient (Wildman–Crippen LogP) is 5.54. The maximum atomic E-state index is 14.1. The highest BCUT2D eigenvalue weighted by Crippen LogP contribution is 2.33. The fraction of sp³-hybridized carbons (Fsp3) is 0.407. The number of carbonyl (C=O) groups excluding carboxylic acids is 2. The molecule has 0 saturated heterocycles. The van der Waals surface area contributed by atoms with E-state index in [1.165, 1.54) is 18.2 Å². The number of rotatable bonds is 9. The van der Waals surface area contributed by atoms with E-state index in [1.807, 2.05) is 0 Å². The van der Waals surface area contributed by atoms with Gasteiger partial charge in [-0.05, 0) is 43.0 Å². The van der Waals surface area contributed by atoms with Gasteiger partial charge in [-0.3, -0.25) is 19.4 Å². The van der Waals surface area contributed by atoms with Crippen LogP contribution in [0.1, 0.15) is 47.9 Å². The van der Waals surface area contributed by atoms with Crippen molar-refractivity contribution < 1.29 is 50.2 Å². The molecule has 2 aromatic carbocycles. The van der Waals surface area contributed by atoms with Gasteiger partial charge in [0.2, 0.25) is 5.91 Å². The van der Waals surface area contributed by atoms with E-state index < -0.39 is 79.5 Å². The molecule has 0 aliphatic carbocycles. The molecule has 1 amide bonds. The number of aliphatic carboxylic acids is 1. The van der Waals surface area contributed by atoms with E-state index in [0.717, 1.165) is 6.07 Å². The van der Waals surface area contributed by atoms with Crippen LogP contribution in [-0.4, -0.2) is 47.0 Å². The molecule has 216 valence electrons. The van der Waals surface area contributed by atoms with Crippen LogP contribution in [0.5, 0.6) is 0 Å². The molecule has 6 nitrogen and oxygen atoms in total. The highest BCUT2D eigenvalue weighted by molar-refractivity contribution is 6.16. The second-order valence-electron chi connectivity index (χ2n) is 9.50. The van der Waals surface area contributed by atoms with Gasteiger partial charge in [-0.25, -0.2) is 4.39 Å². The lowest BCUT2D eigenvalue weighted by Crippen LogP contribution is -2.46. The molecule has 0 fully saturated rings. The van der Waals surface area contributed by atoms with Gasteiger partial charge in [0.25, 0.3) is 0 Å². The van der Waals surface area contributed by atoms with Crippen LogP contribution >= 0.6 is 0 Å². The summed E-state index contributed by atoms with van der Waals surface area (Å²) >= 11 is 0. The quantitative estimate of drug-likeness (QED) is 0.385. The lowest BCUT2D eigenvalue weighted by atomic mass is 9.84. The van der Waals surface area contributed by atoms with Gasteiger partial charge in [0.05, 0.1) is 17.5 Å². The number of amides is 1. The molecule has 3 atom stereocenters. The Morgan fingerprint density at radius 1 is 1.00 bits per heavy atom. The first kappa shape index (κ1) is 30.8. The Balaban J connectivity index is 2.02. The van der Waals surface area contributed by atoms with Gasteiger partial charge in [0, 0.05) is 30.4 Å². The minimum Gasteiger partial charge on any atom is -0.481 e. The van der Waals surface area contributed by atoms with Crippen LogP contribution < -0.4 is 5.32 Å². The third-order valence-corrected chi connectivity index (χ3v) is 6.57. The number of nitrogens with zero attached hydrogens (tertiary/aromatic N) is 1. The van der Waals surface area contributed by atoms with Crippen LogP contribution in [0.15, 0.2) is 47.5 Å². The average molecular weight is 574 g/mol. The SMILES string of the molecule is Cc1cccc2c1CC(=O)[C@@H](NC(=O)[C@H](CCC(F)(F)F)[C@H](CCC(F)(F)F)C(=O)O)N=C2c1cccc(F)c1. The molecular weight excluding hydrogens is 549 g/mol. The molecule has 0 radical (unpaired) electrons. The molecule has 40 heavy (non-hydrogen) atoms. The summed E-state index contributed by atoms with van der Waals surface area (Å²) in [6, 6.07) is 10.2. The third kappa shape index (κ3) is 8.12. The lowest BCUT2D eigenvalue weighted by molar-refractivity contribution is -0.159. The molecule has 13 heteroatoms. The monoisotopic (exact) mass is 574 g/mol. The Hall–Kier alpha value is -3.77. The minimum atomic E-state index is -4.83. The topological polar surface area (TPSA) is 95.8 Å². The van der Waals surface area contributed by atoms with Crippen LogP contribution in [0, 0.1) is 24.6 Å². The van der Waals surface area contributed by atoms with Gasteiger partial charge in [0.1, 0.15) is 5.82 Å². The van der Waals surface area contributed by atoms with Gasteiger partial charge >= 0.3 is 18.3 Å². The number of carboxylic acid groups (broad SMARTS) is 1. The van der Waals surface area contributed by atoms with Gasteiger partial charge in [0.15, 0.2) is 11.9 Å². The Morgan fingerprint density at radius 2 is 1.60 bits per heavy atom. The zero-order valence-electron chi connectivity index (χ0n) is 21.1. The fourth-order valence-corrected chi connectivity index (χ4v) is 4.57. The molecule has 0 unspecified atom stereocenters. The molecule has 0 aromatic heterocycles. The van der Waals surface area contributed by atoms with Crippen molar-refractivity contribution in [2.75, 3.05) is 0 Å². The van der Waals surface area contributed by atoms with E-state index in [0.29, 0.717) is 16.7 Å². The van der Waals surface area contributed by atoms with Crippen molar-refractivity contribution in [2.24, 2.45) is 16.8 Å². The van der Waals surface area contributed by atoms with Crippen molar-refractivity contribution in [3.05, 3.63) is 70.5 Å². The summed E-state index contributed by atoms with van der Waals surface area (Å²) in [7, 11) is 0. The van der Waals surface area contributed by atoms with Crippen molar-refractivity contribution in [1.82, 2.24) is 5.32 Å². The number of alkyl halides is 6. The van der Waals surface area contributed by atoms with E-state index in [9.17, 15) is 50.2 Å². The number of carboxylic acids is 1. The molecule has 2 aromatic rings. The summed E-state index contributed by atoms with van der Waals surface area (Å²) in [6.45, 7) is 1.71. The lowest BCUT2D eigenvalue weighted by Gasteiger charge is -2.25. The highest BCUT2D eigenvalue weighted by atomic mass is 19.4. The first-order valence-corrected chi connectivity index (χ1v) is 12.2. The van der Waals surface area contributed by atoms with Crippen molar-refractivity contribution in [1.29, 1.82) is 0 Å². The summed E-state index contributed by atoms with van der Waals surface area (Å²) in [5.74, 6) is -8.74. The largest absolute Gasteiger partial charge is 0.481 e. The van der Waals surface area contributed by atoms with E-state index in [4.69, 9.17) is 0 Å². The van der Waals surface area contributed by atoms with E-state index >= 15 is 0 Å². The van der Waals surface area contributed by atoms with E-state index in [2.05, 4.69) is 10.3 Å². The summed E-state index contributed by atoms with van der Waals surface area (Å²) in [5.41, 5.74) is 1.94. The second-order valence-corrected chi connectivity index (χ2v) is 9.50. The molecule has 1 aliphatic rings. The number of aliphatic imine (C=N–C) groups is 1. The van der Waals surface area contributed by atoms with Crippen molar-refractivity contribution in [3.63, 3.8) is 0 Å². The number of benzene rings is 2. The summed E-state index contributed by atoms with van der Waals surface area (Å²) in [6.07, 6.45) is -17.2. The number of hydrogen-bond donors (Lipinski definition) is 2. The first-order chi connectivity index (χ1) is 18.6. The second kappa shape index (κ2) is 12.2. The van der Waals surface area contributed by atoms with Crippen LogP contribution in [0.2, 0.25) is 0 Å². The Kier molecular flexibility index (Phi) is 9.36. The number of fused-ring (bicyclic) bond motifs is 1. The number of carbonyl (C=O) groups is 3. The van der Waals surface area contributed by atoms with Gasteiger partial charge < -0.3 is 10.4 Å². The maximum absolute atomic E-state index is 14.1. The number of hydrogen-bond acceptors (Lipinski definition) is 4. The first-order valence-electron chi connectivity index (χ1n) is 12.2. The molecule has 0 bridgehead atoms. The van der Waals surface area contributed by atoms with Gasteiger partial charge in [-0.15, -0.1) is 0 Å². The fourth-order valence-electron chi connectivity index (χ4n) is 4.57. The maximum Gasteiger partial charge on any atom is 0.389 e. The molecule has 1 aliphatic heterocycles. The van der Waals surface area contributed by atoms with Crippen LogP contribution in [0.4, 0.5) is 30.7 Å². The minimum absolute atomic E-state index is 0.0908. The third-order valence-electron chi connectivity index (χ3n) is 6.57. The molecular formula is C27H25F7N2O4. The molecule has 0 saturated carbocycles. The Morgan fingerprint density at radius 3 is 2.17 bits per heavy atom. The standard InChI is InChI=1S/C27H25F7N2O4/c1-14-4-2-7-17-20(14)13-21(37)23(35-22(17)15-5-3-6-16(28)12-15)36-24(38)18(8-10-26(29,30)31)19(25(39)40)9-11-27(32,33)34/h2-7,12,18-19,23H,8-11,13H2,1H3,(H,36,38)(H,39,40)/t18-,19+,23-/m1/s1. The molecule has 0 spiro atoms. The van der Waals surface area contributed by atoms with Crippen LogP contribution in [0.3, 0.4) is 0 Å². The summed E-state index contributed by atoms with van der Waals surface area (Å²) in [5, 5.41) is 11.7. The van der Waals surface area contributed by atoms with Gasteiger partial charge in [-0.2, -0.15) is 26.3 Å². The van der Waals surface area contributed by atoms with Crippen molar-refractivity contribution in [3.8, 4) is 0 Å². The van der Waals surface area contributed by atoms with Crippen molar-refractivity contribution >= 4 is 23.4 Å². The number of Topliss-reactive ketones (excluding diaryl/α,β-unsaturated/α-hetero) is 1. The number of nitrogens with one attached hydrogen (secondary N) is 1.